The number of aromatic amines is 1. The molecule has 0 saturated carbocycles. The Kier molecular flexibility index (Phi) is 7.71. The fourth-order valence-electron chi connectivity index (χ4n) is 5.31. The minimum Gasteiger partial charge on any atom is -0.443 e. The summed E-state index contributed by atoms with van der Waals surface area (Å²) in [5, 5.41) is 1.62. The van der Waals surface area contributed by atoms with Gasteiger partial charge in [-0.2, -0.15) is 5.01 Å². The molecular formula is C34H36N4O6. The SMILES string of the molecule is CC(C)(C)OC(=O)NN(C(=O)OC(C)(C)C)C1(c2ccc3[nH]ccc3c2)C(=O)N(Cc2ccccc2)C(=O)c2ccccc21. The molecule has 3 aromatic carbocycles. The molecule has 228 valence electrons. The summed E-state index contributed by atoms with van der Waals surface area (Å²) in [7, 11) is 0. The zero-order chi connectivity index (χ0) is 31.9. The maximum absolute atomic E-state index is 15.1. The van der Waals surface area contributed by atoms with Crippen molar-refractivity contribution in [3.63, 3.8) is 0 Å². The summed E-state index contributed by atoms with van der Waals surface area (Å²) in [5.41, 5.74) is 0.756. The van der Waals surface area contributed by atoms with E-state index in [1.54, 1.807) is 102 Å². The number of hydrogen-bond acceptors (Lipinski definition) is 6. The largest absolute Gasteiger partial charge is 0.443 e. The molecule has 0 bridgehead atoms. The number of carbonyl (C=O) groups is 4. The number of hydrogen-bond donors (Lipinski definition) is 2. The lowest BCUT2D eigenvalue weighted by Crippen LogP contribution is -2.68. The van der Waals surface area contributed by atoms with Crippen LogP contribution < -0.4 is 5.43 Å². The molecule has 0 aliphatic carbocycles. The molecule has 1 aliphatic rings. The third-order valence-electron chi connectivity index (χ3n) is 7.02. The summed E-state index contributed by atoms with van der Waals surface area (Å²) in [6.07, 6.45) is -0.245. The molecule has 1 aliphatic heterocycles. The standard InChI is InChI=1S/C34H36N4O6/c1-32(2,3)43-30(41)36-38(31(42)44-33(4,5)6)34(24-16-17-27-23(20-24)18-19-35-27)26-15-11-10-14-25(26)28(39)37(29(34)40)21-22-12-8-7-9-13-22/h7-20,35H,21H2,1-6H3,(H,36,41). The maximum Gasteiger partial charge on any atom is 0.431 e. The van der Waals surface area contributed by atoms with Crippen LogP contribution in [-0.4, -0.2) is 50.1 Å². The topological polar surface area (TPSA) is 121 Å². The fraction of sp³-hybridized carbons (Fsp3) is 0.294. The molecule has 0 spiro atoms. The summed E-state index contributed by atoms with van der Waals surface area (Å²) in [6, 6.07) is 22.7. The van der Waals surface area contributed by atoms with Crippen molar-refractivity contribution in [2.45, 2.75) is 64.8 Å². The van der Waals surface area contributed by atoms with Crippen LogP contribution in [0.3, 0.4) is 0 Å². The van der Waals surface area contributed by atoms with Crippen molar-refractivity contribution >= 4 is 34.9 Å². The lowest BCUT2D eigenvalue weighted by Gasteiger charge is -2.47. The molecule has 10 nitrogen and oxygen atoms in total. The average molecular weight is 597 g/mol. The van der Waals surface area contributed by atoms with E-state index in [1.807, 2.05) is 24.3 Å². The predicted octanol–water partition coefficient (Wildman–Crippen LogP) is 6.27. The normalized spacial score (nSPS) is 16.8. The molecule has 1 aromatic heterocycles. The zero-order valence-electron chi connectivity index (χ0n) is 25.6. The Hall–Kier alpha value is -5.12. The van der Waals surface area contributed by atoms with Gasteiger partial charge >= 0.3 is 12.2 Å². The number of imide groups is 1. The number of fused-ring (bicyclic) bond motifs is 2. The molecule has 1 atom stereocenters. The van der Waals surface area contributed by atoms with Gasteiger partial charge in [0.25, 0.3) is 11.8 Å². The van der Waals surface area contributed by atoms with Crippen molar-refractivity contribution < 1.29 is 28.7 Å². The van der Waals surface area contributed by atoms with Crippen molar-refractivity contribution in [3.8, 4) is 0 Å². The van der Waals surface area contributed by atoms with Crippen LogP contribution in [-0.2, 0) is 26.4 Å². The second-order valence-electron chi connectivity index (χ2n) is 12.6. The van der Waals surface area contributed by atoms with E-state index in [0.717, 1.165) is 20.8 Å². The Bertz CT molecular complexity index is 1730. The number of nitrogens with one attached hydrogen (secondary N) is 2. The van der Waals surface area contributed by atoms with Crippen molar-refractivity contribution in [2.75, 3.05) is 0 Å². The summed E-state index contributed by atoms with van der Waals surface area (Å²) in [6.45, 7) is 10.0. The molecule has 2 heterocycles. The van der Waals surface area contributed by atoms with Crippen LogP contribution in [0.4, 0.5) is 9.59 Å². The van der Waals surface area contributed by atoms with Gasteiger partial charge in [-0.1, -0.05) is 54.6 Å². The maximum atomic E-state index is 15.1. The fourth-order valence-corrected chi connectivity index (χ4v) is 5.31. The van der Waals surface area contributed by atoms with Crippen molar-refractivity contribution in [2.24, 2.45) is 0 Å². The molecule has 0 radical (unpaired) electrons. The highest BCUT2D eigenvalue weighted by atomic mass is 16.6. The van der Waals surface area contributed by atoms with Crippen molar-refractivity contribution in [3.05, 3.63) is 107 Å². The minimum atomic E-state index is -2.08. The summed E-state index contributed by atoms with van der Waals surface area (Å²) < 4.78 is 11.4. The highest BCUT2D eigenvalue weighted by Crippen LogP contribution is 2.44. The average Bonchev–Trinajstić information content (AvgIpc) is 3.42. The van der Waals surface area contributed by atoms with Crippen LogP contribution in [0.2, 0.25) is 0 Å². The quantitative estimate of drug-likeness (QED) is 0.212. The van der Waals surface area contributed by atoms with Crippen LogP contribution >= 0.6 is 0 Å². The number of hydrazine groups is 1. The zero-order valence-corrected chi connectivity index (χ0v) is 25.6. The highest BCUT2D eigenvalue weighted by molar-refractivity contribution is 6.15. The van der Waals surface area contributed by atoms with Gasteiger partial charge in [0.2, 0.25) is 0 Å². The van der Waals surface area contributed by atoms with E-state index in [1.165, 1.54) is 0 Å². The van der Waals surface area contributed by atoms with E-state index in [-0.39, 0.29) is 17.7 Å². The third kappa shape index (κ3) is 5.75. The predicted molar refractivity (Wildman–Crippen MR) is 164 cm³/mol. The van der Waals surface area contributed by atoms with Gasteiger partial charge in [-0.25, -0.2) is 15.0 Å². The van der Waals surface area contributed by atoms with Gasteiger partial charge < -0.3 is 14.5 Å². The number of benzene rings is 3. The first-order valence-corrected chi connectivity index (χ1v) is 14.3. The Morgan fingerprint density at radius 3 is 2.20 bits per heavy atom. The molecule has 2 N–H and O–H groups in total. The molecule has 4 aromatic rings. The minimum absolute atomic E-state index is 0.0738. The van der Waals surface area contributed by atoms with Crippen LogP contribution in [0, 0.1) is 0 Å². The number of ether oxygens (including phenoxy) is 2. The third-order valence-corrected chi connectivity index (χ3v) is 7.02. The van der Waals surface area contributed by atoms with E-state index >= 15 is 4.79 Å². The van der Waals surface area contributed by atoms with Gasteiger partial charge in [0.15, 0.2) is 5.54 Å². The number of H-pyrrole nitrogens is 1. The van der Waals surface area contributed by atoms with Gasteiger partial charge in [0.05, 0.1) is 6.54 Å². The Labute approximate surface area is 255 Å². The lowest BCUT2D eigenvalue weighted by atomic mass is 9.75. The van der Waals surface area contributed by atoms with E-state index < -0.39 is 40.7 Å². The van der Waals surface area contributed by atoms with Gasteiger partial charge in [-0.05, 0) is 82.3 Å². The van der Waals surface area contributed by atoms with Crippen LogP contribution in [0.15, 0.2) is 85.1 Å². The Balaban J connectivity index is 1.82. The Morgan fingerprint density at radius 2 is 1.52 bits per heavy atom. The van der Waals surface area contributed by atoms with Gasteiger partial charge in [0, 0.05) is 22.8 Å². The number of carbonyl (C=O) groups excluding carboxylic acids is 4. The first-order valence-electron chi connectivity index (χ1n) is 14.3. The van der Waals surface area contributed by atoms with Crippen LogP contribution in [0.1, 0.15) is 68.6 Å². The second-order valence-corrected chi connectivity index (χ2v) is 12.6. The molecular weight excluding hydrogens is 560 g/mol. The monoisotopic (exact) mass is 596 g/mol. The number of amides is 4. The Morgan fingerprint density at radius 1 is 0.864 bits per heavy atom. The van der Waals surface area contributed by atoms with Crippen LogP contribution in [0.25, 0.3) is 10.9 Å². The molecule has 0 saturated heterocycles. The van der Waals surface area contributed by atoms with E-state index in [4.69, 9.17) is 9.47 Å². The highest BCUT2D eigenvalue weighted by Gasteiger charge is 2.59. The van der Waals surface area contributed by atoms with Gasteiger partial charge in [0.1, 0.15) is 11.2 Å². The number of aromatic nitrogens is 1. The first kappa shape index (κ1) is 30.3. The molecule has 4 amide bonds. The van der Waals surface area contributed by atoms with E-state index in [9.17, 15) is 14.4 Å². The van der Waals surface area contributed by atoms with Crippen molar-refractivity contribution in [1.29, 1.82) is 0 Å². The molecule has 1 unspecified atom stereocenters. The number of rotatable bonds is 4. The second kappa shape index (κ2) is 11.2. The van der Waals surface area contributed by atoms with E-state index in [2.05, 4.69) is 10.4 Å². The molecule has 0 fully saturated rings. The molecule has 44 heavy (non-hydrogen) atoms. The first-order chi connectivity index (χ1) is 20.7. The van der Waals surface area contributed by atoms with Gasteiger partial charge in [-0.3, -0.25) is 14.5 Å². The summed E-state index contributed by atoms with van der Waals surface area (Å²) in [4.78, 5) is 61.0. The van der Waals surface area contributed by atoms with Gasteiger partial charge in [-0.15, -0.1) is 0 Å². The smallest absolute Gasteiger partial charge is 0.431 e. The van der Waals surface area contributed by atoms with E-state index in [0.29, 0.717) is 11.1 Å². The number of nitrogens with zero attached hydrogens (tertiary/aromatic N) is 2. The lowest BCUT2D eigenvalue weighted by molar-refractivity contribution is -0.143. The van der Waals surface area contributed by atoms with Crippen LogP contribution in [0.5, 0.6) is 0 Å². The summed E-state index contributed by atoms with van der Waals surface area (Å²) >= 11 is 0. The molecule has 5 rings (SSSR count). The molecule has 10 heteroatoms. The van der Waals surface area contributed by atoms with Crippen molar-refractivity contribution in [1.82, 2.24) is 20.3 Å². The summed E-state index contributed by atoms with van der Waals surface area (Å²) in [5.74, 6) is -1.28.